The third-order valence-electron chi connectivity index (χ3n) is 3.29. The van der Waals surface area contributed by atoms with E-state index in [0.29, 0.717) is 11.1 Å². The SMILES string of the molecule is CC(C)(C)c1ccc(C(=O)c2ccc(C(N)=O)nc2)cc1. The van der Waals surface area contributed by atoms with E-state index in [1.54, 1.807) is 6.07 Å². The van der Waals surface area contributed by atoms with Gasteiger partial charge in [0.2, 0.25) is 0 Å². The van der Waals surface area contributed by atoms with Crippen LogP contribution in [0.1, 0.15) is 52.7 Å². The number of hydrogen-bond acceptors (Lipinski definition) is 3. The van der Waals surface area contributed by atoms with Crippen LogP contribution in [-0.4, -0.2) is 16.7 Å². The fourth-order valence-corrected chi connectivity index (χ4v) is 1.96. The summed E-state index contributed by atoms with van der Waals surface area (Å²) >= 11 is 0. The summed E-state index contributed by atoms with van der Waals surface area (Å²) in [5.74, 6) is -0.734. The molecule has 2 rings (SSSR count). The van der Waals surface area contributed by atoms with Gasteiger partial charge in [0.25, 0.3) is 5.91 Å². The molecule has 0 spiro atoms. The Kier molecular flexibility index (Phi) is 3.89. The molecule has 0 saturated carbocycles. The Morgan fingerprint density at radius 3 is 1.95 bits per heavy atom. The van der Waals surface area contributed by atoms with Crippen molar-refractivity contribution in [3.63, 3.8) is 0 Å². The second-order valence-corrected chi connectivity index (χ2v) is 5.95. The van der Waals surface area contributed by atoms with Gasteiger partial charge in [0.05, 0.1) is 0 Å². The molecule has 4 heteroatoms. The first-order chi connectivity index (χ1) is 9.79. The Bertz CT molecular complexity index is 665. The largest absolute Gasteiger partial charge is 0.364 e. The van der Waals surface area contributed by atoms with Crippen LogP contribution in [0.2, 0.25) is 0 Å². The number of amides is 1. The molecule has 2 N–H and O–H groups in total. The molecule has 1 aromatic carbocycles. The summed E-state index contributed by atoms with van der Waals surface area (Å²) in [6, 6.07) is 10.6. The highest BCUT2D eigenvalue weighted by molar-refractivity contribution is 6.09. The number of aromatic nitrogens is 1. The van der Waals surface area contributed by atoms with E-state index in [-0.39, 0.29) is 16.9 Å². The lowest BCUT2D eigenvalue weighted by atomic mass is 9.86. The molecule has 0 radical (unpaired) electrons. The first-order valence-corrected chi connectivity index (χ1v) is 6.70. The summed E-state index contributed by atoms with van der Waals surface area (Å²) in [4.78, 5) is 27.2. The maximum absolute atomic E-state index is 12.3. The molecular formula is C17H18N2O2. The zero-order valence-corrected chi connectivity index (χ0v) is 12.4. The van der Waals surface area contributed by atoms with Crippen molar-refractivity contribution in [1.29, 1.82) is 0 Å². The summed E-state index contributed by atoms with van der Waals surface area (Å²) in [7, 11) is 0. The molecule has 1 heterocycles. The molecule has 1 aromatic heterocycles. The second kappa shape index (κ2) is 5.48. The van der Waals surface area contributed by atoms with Gasteiger partial charge in [0.15, 0.2) is 5.78 Å². The van der Waals surface area contributed by atoms with Crippen LogP contribution < -0.4 is 5.73 Å². The number of nitrogens with zero attached hydrogens (tertiary/aromatic N) is 1. The highest BCUT2D eigenvalue weighted by Gasteiger charge is 2.15. The maximum atomic E-state index is 12.3. The molecule has 0 bridgehead atoms. The molecule has 0 aliphatic carbocycles. The van der Waals surface area contributed by atoms with Crippen molar-refractivity contribution in [2.45, 2.75) is 26.2 Å². The summed E-state index contributed by atoms with van der Waals surface area (Å²) < 4.78 is 0. The smallest absolute Gasteiger partial charge is 0.267 e. The van der Waals surface area contributed by atoms with E-state index in [1.807, 2.05) is 24.3 Å². The van der Waals surface area contributed by atoms with E-state index in [2.05, 4.69) is 25.8 Å². The third kappa shape index (κ3) is 3.34. The van der Waals surface area contributed by atoms with Gasteiger partial charge >= 0.3 is 0 Å². The van der Waals surface area contributed by atoms with Crippen LogP contribution in [0, 0.1) is 0 Å². The average molecular weight is 282 g/mol. The molecule has 1 amide bonds. The average Bonchev–Trinajstić information content (AvgIpc) is 2.46. The first kappa shape index (κ1) is 14.9. The quantitative estimate of drug-likeness (QED) is 0.880. The van der Waals surface area contributed by atoms with E-state index >= 15 is 0 Å². The molecule has 2 aromatic rings. The standard InChI is InChI=1S/C17H18N2O2/c1-17(2,3)13-7-4-11(5-8-13)15(20)12-6-9-14(16(18)21)19-10-12/h4-10H,1-3H3,(H2,18,21). The summed E-state index contributed by atoms with van der Waals surface area (Å²) in [5.41, 5.74) is 7.51. The molecule has 0 fully saturated rings. The van der Waals surface area contributed by atoms with Gasteiger partial charge in [-0.25, -0.2) is 0 Å². The Labute approximate surface area is 124 Å². The summed E-state index contributed by atoms with van der Waals surface area (Å²) in [6.07, 6.45) is 1.38. The minimum absolute atomic E-state index is 0.0479. The van der Waals surface area contributed by atoms with Gasteiger partial charge in [-0.05, 0) is 23.1 Å². The second-order valence-electron chi connectivity index (χ2n) is 5.95. The zero-order valence-electron chi connectivity index (χ0n) is 12.4. The molecule has 108 valence electrons. The van der Waals surface area contributed by atoms with Gasteiger partial charge < -0.3 is 5.73 Å². The number of ketones is 1. The Morgan fingerprint density at radius 2 is 1.52 bits per heavy atom. The van der Waals surface area contributed by atoms with E-state index in [4.69, 9.17) is 5.73 Å². The lowest BCUT2D eigenvalue weighted by Gasteiger charge is -2.18. The Morgan fingerprint density at radius 1 is 0.952 bits per heavy atom. The van der Waals surface area contributed by atoms with Crippen molar-refractivity contribution in [1.82, 2.24) is 4.98 Å². The van der Waals surface area contributed by atoms with Gasteiger partial charge in [-0.15, -0.1) is 0 Å². The van der Waals surface area contributed by atoms with E-state index in [1.165, 1.54) is 17.8 Å². The number of pyridine rings is 1. The van der Waals surface area contributed by atoms with E-state index in [9.17, 15) is 9.59 Å². The number of hydrogen-bond donors (Lipinski definition) is 1. The van der Waals surface area contributed by atoms with Crippen LogP contribution in [0.25, 0.3) is 0 Å². The lowest BCUT2D eigenvalue weighted by molar-refractivity contribution is 0.0991. The molecule has 0 aliphatic rings. The fourth-order valence-electron chi connectivity index (χ4n) is 1.96. The third-order valence-corrected chi connectivity index (χ3v) is 3.29. The fraction of sp³-hybridized carbons (Fsp3) is 0.235. The minimum Gasteiger partial charge on any atom is -0.364 e. The monoisotopic (exact) mass is 282 g/mol. The normalized spacial score (nSPS) is 11.2. The molecule has 21 heavy (non-hydrogen) atoms. The van der Waals surface area contributed by atoms with Crippen molar-refractivity contribution < 1.29 is 9.59 Å². The topological polar surface area (TPSA) is 73.1 Å². The van der Waals surface area contributed by atoms with Gasteiger partial charge in [-0.2, -0.15) is 0 Å². The first-order valence-electron chi connectivity index (χ1n) is 6.70. The number of nitrogens with two attached hydrogens (primary N) is 1. The van der Waals surface area contributed by atoms with E-state index in [0.717, 1.165) is 0 Å². The highest BCUT2D eigenvalue weighted by atomic mass is 16.1. The lowest BCUT2D eigenvalue weighted by Crippen LogP contribution is -2.14. The molecule has 0 aliphatic heterocycles. The van der Waals surface area contributed by atoms with Gasteiger partial charge in [-0.3, -0.25) is 14.6 Å². The number of carbonyl (C=O) groups is 2. The van der Waals surface area contributed by atoms with Gasteiger partial charge in [0.1, 0.15) is 5.69 Å². The Balaban J connectivity index is 2.25. The molecule has 4 nitrogen and oxygen atoms in total. The van der Waals surface area contributed by atoms with Crippen molar-refractivity contribution >= 4 is 11.7 Å². The van der Waals surface area contributed by atoms with Crippen LogP contribution in [0.4, 0.5) is 0 Å². The van der Waals surface area contributed by atoms with Crippen LogP contribution in [0.15, 0.2) is 42.6 Å². The number of rotatable bonds is 3. The highest BCUT2D eigenvalue weighted by Crippen LogP contribution is 2.22. The maximum Gasteiger partial charge on any atom is 0.267 e. The Hall–Kier alpha value is -2.49. The zero-order chi connectivity index (χ0) is 15.6. The van der Waals surface area contributed by atoms with E-state index < -0.39 is 5.91 Å². The minimum atomic E-state index is -0.608. The number of primary amides is 1. The molecule has 0 saturated heterocycles. The summed E-state index contributed by atoms with van der Waals surface area (Å²) in [6.45, 7) is 6.36. The van der Waals surface area contributed by atoms with Crippen LogP contribution in [0.3, 0.4) is 0 Å². The number of benzene rings is 1. The molecular weight excluding hydrogens is 264 g/mol. The predicted octanol–water partition coefficient (Wildman–Crippen LogP) is 2.71. The van der Waals surface area contributed by atoms with Crippen molar-refractivity contribution in [2.24, 2.45) is 5.73 Å². The van der Waals surface area contributed by atoms with Crippen LogP contribution in [-0.2, 0) is 5.41 Å². The summed E-state index contributed by atoms with van der Waals surface area (Å²) in [5, 5.41) is 0. The molecule has 0 unspecified atom stereocenters. The number of carbonyl (C=O) groups excluding carboxylic acids is 2. The van der Waals surface area contributed by atoms with Gasteiger partial charge in [-0.1, -0.05) is 45.0 Å². The van der Waals surface area contributed by atoms with Gasteiger partial charge in [0, 0.05) is 17.3 Å². The van der Waals surface area contributed by atoms with Crippen LogP contribution in [0.5, 0.6) is 0 Å². The van der Waals surface area contributed by atoms with Crippen molar-refractivity contribution in [2.75, 3.05) is 0 Å². The van der Waals surface area contributed by atoms with Crippen LogP contribution >= 0.6 is 0 Å². The molecule has 0 atom stereocenters. The predicted molar refractivity (Wildman–Crippen MR) is 81.3 cm³/mol. The van der Waals surface area contributed by atoms with Crippen molar-refractivity contribution in [3.8, 4) is 0 Å². The van der Waals surface area contributed by atoms with Crippen molar-refractivity contribution in [3.05, 3.63) is 65.0 Å².